The lowest BCUT2D eigenvalue weighted by atomic mass is 10.1. The maximum Gasteiger partial charge on any atom is 0.255 e. The van der Waals surface area contributed by atoms with E-state index in [1.165, 1.54) is 7.11 Å². The molecule has 0 fully saturated rings. The van der Waals surface area contributed by atoms with Crippen LogP contribution in [0.5, 0.6) is 11.5 Å². The van der Waals surface area contributed by atoms with Crippen molar-refractivity contribution in [3.8, 4) is 11.5 Å². The third kappa shape index (κ3) is 6.66. The van der Waals surface area contributed by atoms with Crippen LogP contribution in [0.3, 0.4) is 0 Å². The topological polar surface area (TPSA) is 68.8 Å². The molecule has 120 valence electrons. The van der Waals surface area contributed by atoms with Crippen LogP contribution in [0.1, 0.15) is 10.4 Å². The number of halogens is 1. The summed E-state index contributed by atoms with van der Waals surface area (Å²) in [4.78, 5) is 12.1. The molecule has 1 aromatic carbocycles. The van der Waals surface area contributed by atoms with E-state index in [2.05, 4.69) is 10.6 Å². The second kappa shape index (κ2) is 11.2. The Bertz CT molecular complexity index is 429. The third-order valence-electron chi connectivity index (χ3n) is 2.72. The van der Waals surface area contributed by atoms with Crippen molar-refractivity contribution in [2.75, 3.05) is 47.6 Å². The Kier molecular flexibility index (Phi) is 10.4. The number of carbonyl (C=O) groups is 1. The van der Waals surface area contributed by atoms with Crippen molar-refractivity contribution < 1.29 is 19.0 Å². The molecule has 0 spiro atoms. The average molecular weight is 319 g/mol. The van der Waals surface area contributed by atoms with E-state index >= 15 is 0 Å². The fraction of sp³-hybridized carbons (Fsp3) is 0.500. The second-order valence-corrected chi connectivity index (χ2v) is 4.06. The molecule has 1 amide bonds. The molecule has 2 N–H and O–H groups in total. The van der Waals surface area contributed by atoms with E-state index in [9.17, 15) is 4.79 Å². The van der Waals surface area contributed by atoms with Gasteiger partial charge in [0, 0.05) is 26.7 Å². The fourth-order valence-corrected chi connectivity index (χ4v) is 1.65. The van der Waals surface area contributed by atoms with Crippen LogP contribution < -0.4 is 20.1 Å². The summed E-state index contributed by atoms with van der Waals surface area (Å²) in [6, 6.07) is 5.12. The predicted molar refractivity (Wildman–Crippen MR) is 83.9 cm³/mol. The van der Waals surface area contributed by atoms with Gasteiger partial charge in [0.15, 0.2) is 0 Å². The predicted octanol–water partition coefficient (Wildman–Crippen LogP) is 1.09. The van der Waals surface area contributed by atoms with Crippen LogP contribution in [0.2, 0.25) is 0 Å². The summed E-state index contributed by atoms with van der Waals surface area (Å²) in [7, 11) is 4.74. The number of hydrogen-bond donors (Lipinski definition) is 2. The Morgan fingerprint density at radius 1 is 1.10 bits per heavy atom. The first-order chi connectivity index (χ1) is 9.72. The zero-order valence-electron chi connectivity index (χ0n) is 12.6. The normalized spacial score (nSPS) is 9.67. The van der Waals surface area contributed by atoms with Gasteiger partial charge in [0.2, 0.25) is 0 Å². The molecule has 0 radical (unpaired) electrons. The van der Waals surface area contributed by atoms with Crippen LogP contribution in [-0.2, 0) is 4.74 Å². The van der Waals surface area contributed by atoms with Crippen molar-refractivity contribution in [1.29, 1.82) is 0 Å². The van der Waals surface area contributed by atoms with Gasteiger partial charge in [-0.05, 0) is 18.2 Å². The van der Waals surface area contributed by atoms with Gasteiger partial charge in [-0.3, -0.25) is 4.79 Å². The Morgan fingerprint density at radius 2 is 1.86 bits per heavy atom. The number of carbonyl (C=O) groups excluding carboxylic acids is 1. The molecule has 7 heteroatoms. The van der Waals surface area contributed by atoms with Crippen molar-refractivity contribution in [3.63, 3.8) is 0 Å². The van der Waals surface area contributed by atoms with E-state index < -0.39 is 0 Å². The van der Waals surface area contributed by atoms with E-state index in [4.69, 9.17) is 14.2 Å². The first-order valence-electron chi connectivity index (χ1n) is 6.42. The van der Waals surface area contributed by atoms with Crippen molar-refractivity contribution in [2.45, 2.75) is 0 Å². The molecule has 0 bridgehead atoms. The molecule has 1 aromatic rings. The standard InChI is InChI=1S/C14H22N2O4.ClH/c1-18-9-8-15-6-7-16-14(17)12-10-11(19-2)4-5-13(12)20-3;/h4-5,10,15H,6-9H2,1-3H3,(H,16,17);1H. The highest BCUT2D eigenvalue weighted by atomic mass is 35.5. The molecule has 0 aliphatic rings. The summed E-state index contributed by atoms with van der Waals surface area (Å²) in [5, 5.41) is 5.97. The minimum absolute atomic E-state index is 0. The first kappa shape index (κ1) is 19.5. The molecule has 0 aliphatic carbocycles. The van der Waals surface area contributed by atoms with Crippen molar-refractivity contribution in [2.24, 2.45) is 0 Å². The monoisotopic (exact) mass is 318 g/mol. The van der Waals surface area contributed by atoms with Crippen LogP contribution in [0, 0.1) is 0 Å². The highest BCUT2D eigenvalue weighted by Gasteiger charge is 2.12. The number of methoxy groups -OCH3 is 3. The van der Waals surface area contributed by atoms with Gasteiger partial charge in [-0.1, -0.05) is 0 Å². The van der Waals surface area contributed by atoms with Gasteiger partial charge in [-0.2, -0.15) is 0 Å². The quantitative estimate of drug-likeness (QED) is 0.667. The molecule has 1 rings (SSSR count). The number of rotatable bonds is 9. The fourth-order valence-electron chi connectivity index (χ4n) is 1.65. The molecule has 0 atom stereocenters. The maximum absolute atomic E-state index is 12.1. The molecule has 0 saturated carbocycles. The SMILES string of the molecule is COCCNCCNC(=O)c1cc(OC)ccc1OC.Cl. The van der Waals surface area contributed by atoms with Crippen LogP contribution in [-0.4, -0.2) is 53.5 Å². The molecule has 0 aliphatic heterocycles. The summed E-state index contributed by atoms with van der Waals surface area (Å²) >= 11 is 0. The van der Waals surface area contributed by atoms with Crippen LogP contribution >= 0.6 is 12.4 Å². The van der Waals surface area contributed by atoms with Crippen molar-refractivity contribution >= 4 is 18.3 Å². The Labute approximate surface area is 131 Å². The maximum atomic E-state index is 12.1. The third-order valence-corrected chi connectivity index (χ3v) is 2.72. The van der Waals surface area contributed by atoms with E-state index in [-0.39, 0.29) is 18.3 Å². The molecule has 21 heavy (non-hydrogen) atoms. The smallest absolute Gasteiger partial charge is 0.255 e. The van der Waals surface area contributed by atoms with E-state index in [0.29, 0.717) is 36.8 Å². The van der Waals surface area contributed by atoms with Crippen LogP contribution in [0.25, 0.3) is 0 Å². The van der Waals surface area contributed by atoms with Crippen molar-refractivity contribution in [3.05, 3.63) is 23.8 Å². The lowest BCUT2D eigenvalue weighted by molar-refractivity contribution is 0.0950. The van der Waals surface area contributed by atoms with Gasteiger partial charge in [-0.25, -0.2) is 0 Å². The largest absolute Gasteiger partial charge is 0.497 e. The number of nitrogens with one attached hydrogen (secondary N) is 2. The van der Waals surface area contributed by atoms with Gasteiger partial charge >= 0.3 is 0 Å². The van der Waals surface area contributed by atoms with Gasteiger partial charge < -0.3 is 24.8 Å². The van der Waals surface area contributed by atoms with Gasteiger partial charge in [-0.15, -0.1) is 12.4 Å². The number of amides is 1. The van der Waals surface area contributed by atoms with E-state index in [0.717, 1.165) is 6.54 Å². The molecular formula is C14H23ClN2O4. The van der Waals surface area contributed by atoms with Gasteiger partial charge in [0.1, 0.15) is 11.5 Å². The van der Waals surface area contributed by atoms with Crippen LogP contribution in [0.15, 0.2) is 18.2 Å². The van der Waals surface area contributed by atoms with Crippen LogP contribution in [0.4, 0.5) is 0 Å². The lowest BCUT2D eigenvalue weighted by Crippen LogP contribution is -2.33. The number of hydrogen-bond acceptors (Lipinski definition) is 5. The molecule has 6 nitrogen and oxygen atoms in total. The van der Waals surface area contributed by atoms with E-state index in [1.807, 2.05) is 0 Å². The minimum atomic E-state index is -0.186. The van der Waals surface area contributed by atoms with Gasteiger partial charge in [0.05, 0.1) is 26.4 Å². The second-order valence-electron chi connectivity index (χ2n) is 4.06. The molecular weight excluding hydrogens is 296 g/mol. The Morgan fingerprint density at radius 3 is 2.48 bits per heavy atom. The summed E-state index contributed by atoms with van der Waals surface area (Å²) in [6.45, 7) is 2.62. The number of benzene rings is 1. The Hall–Kier alpha value is -1.50. The molecule has 0 heterocycles. The summed E-state index contributed by atoms with van der Waals surface area (Å²) in [6.07, 6.45) is 0. The summed E-state index contributed by atoms with van der Waals surface area (Å²) in [5.74, 6) is 0.958. The Balaban J connectivity index is 0.00000400. The first-order valence-corrected chi connectivity index (χ1v) is 6.42. The van der Waals surface area contributed by atoms with Crippen molar-refractivity contribution in [1.82, 2.24) is 10.6 Å². The lowest BCUT2D eigenvalue weighted by Gasteiger charge is -2.11. The average Bonchev–Trinajstić information content (AvgIpc) is 2.49. The highest BCUT2D eigenvalue weighted by molar-refractivity contribution is 5.97. The minimum Gasteiger partial charge on any atom is -0.497 e. The molecule has 0 saturated heterocycles. The number of ether oxygens (including phenoxy) is 3. The summed E-state index contributed by atoms with van der Waals surface area (Å²) in [5.41, 5.74) is 0.462. The van der Waals surface area contributed by atoms with Gasteiger partial charge in [0.25, 0.3) is 5.91 Å². The van der Waals surface area contributed by atoms with E-state index in [1.54, 1.807) is 32.4 Å². The molecule has 0 unspecified atom stereocenters. The molecule has 0 aromatic heterocycles. The summed E-state index contributed by atoms with van der Waals surface area (Å²) < 4.78 is 15.2. The zero-order valence-corrected chi connectivity index (χ0v) is 13.4. The highest BCUT2D eigenvalue weighted by Crippen LogP contribution is 2.23. The zero-order chi connectivity index (χ0) is 14.8.